The second-order valence-corrected chi connectivity index (χ2v) is 7.90. The molecule has 34 heavy (non-hydrogen) atoms. The van der Waals surface area contributed by atoms with Crippen molar-refractivity contribution in [2.45, 2.75) is 0 Å². The van der Waals surface area contributed by atoms with Gasteiger partial charge in [-0.3, -0.25) is 0 Å². The first-order valence-electron chi connectivity index (χ1n) is 10.1. The highest BCUT2D eigenvalue weighted by molar-refractivity contribution is 5.73. The van der Waals surface area contributed by atoms with Gasteiger partial charge >= 0.3 is 0 Å². The second-order valence-electron chi connectivity index (χ2n) is 7.14. The molecule has 0 unspecified atom stereocenters. The molecule has 0 spiro atoms. The summed E-state index contributed by atoms with van der Waals surface area (Å²) in [4.78, 5) is 0. The summed E-state index contributed by atoms with van der Waals surface area (Å²) in [7, 11) is -4.94. The van der Waals surface area contributed by atoms with E-state index < -0.39 is 10.2 Å². The standard InChI is InChI=1S/C25H19N4.ClHO4/c1-4-10-20(11-5-1)23-16-24(21-12-6-2-7-13-21)29(28-18-26-27-19-28)25(17-23)22-14-8-3-9-15-22;2-1(3,4)5/h1-19H;(H,2,3,4,5)/q+1;/p-1. The molecule has 0 amide bonds. The van der Waals surface area contributed by atoms with Crippen molar-refractivity contribution in [1.82, 2.24) is 14.9 Å². The van der Waals surface area contributed by atoms with E-state index in [2.05, 4.69) is 99.8 Å². The van der Waals surface area contributed by atoms with Crippen molar-refractivity contribution in [1.29, 1.82) is 0 Å². The SMILES string of the molecule is [O-][Cl+3]([O-])([O-])[O-].c1ccc(-c2cc(-c3ccccc3)[n+](-n3cnnc3)c(-c3ccccc3)c2)cc1. The Kier molecular flexibility index (Phi) is 7.07. The fourth-order valence-corrected chi connectivity index (χ4v) is 3.56. The van der Waals surface area contributed by atoms with Gasteiger partial charge in [-0.1, -0.05) is 76.1 Å². The van der Waals surface area contributed by atoms with Crippen LogP contribution in [0.25, 0.3) is 33.6 Å². The molecule has 0 N–H and O–H groups in total. The van der Waals surface area contributed by atoms with E-state index in [4.69, 9.17) is 18.6 Å². The first-order valence-corrected chi connectivity index (χ1v) is 11.4. The lowest BCUT2D eigenvalue weighted by atomic mass is 10.00. The minimum atomic E-state index is -4.94. The Bertz CT molecular complexity index is 1260. The van der Waals surface area contributed by atoms with Crippen LogP contribution in [0.1, 0.15) is 0 Å². The van der Waals surface area contributed by atoms with Crippen LogP contribution in [0.15, 0.2) is 116 Å². The molecule has 0 aliphatic carbocycles. The van der Waals surface area contributed by atoms with Gasteiger partial charge in [-0.15, -0.1) is 20.4 Å². The van der Waals surface area contributed by atoms with E-state index in [0.29, 0.717) is 0 Å². The molecule has 3 aromatic carbocycles. The van der Waals surface area contributed by atoms with Gasteiger partial charge in [-0.05, 0) is 35.4 Å². The van der Waals surface area contributed by atoms with Crippen molar-refractivity contribution in [3.8, 4) is 33.6 Å². The molecule has 9 heteroatoms. The molecule has 0 fully saturated rings. The van der Waals surface area contributed by atoms with Gasteiger partial charge in [0, 0.05) is 23.3 Å². The topological polar surface area (TPSA) is 127 Å². The maximum Gasteiger partial charge on any atom is 0.244 e. The highest BCUT2D eigenvalue weighted by atomic mass is 35.7. The maximum atomic E-state index is 8.49. The highest BCUT2D eigenvalue weighted by Gasteiger charge is 2.25. The van der Waals surface area contributed by atoms with Crippen LogP contribution >= 0.6 is 0 Å². The molecule has 0 bridgehead atoms. The number of aromatic nitrogens is 4. The molecule has 5 aromatic rings. The zero-order valence-electron chi connectivity index (χ0n) is 17.8. The molecule has 8 nitrogen and oxygen atoms in total. The third-order valence-electron chi connectivity index (χ3n) is 4.92. The van der Waals surface area contributed by atoms with E-state index >= 15 is 0 Å². The van der Waals surface area contributed by atoms with Crippen LogP contribution in [-0.4, -0.2) is 14.9 Å². The van der Waals surface area contributed by atoms with Crippen molar-refractivity contribution < 1.29 is 33.6 Å². The lowest BCUT2D eigenvalue weighted by Gasteiger charge is -2.17. The minimum absolute atomic E-state index is 1.06. The van der Waals surface area contributed by atoms with Gasteiger partial charge in [0.1, 0.15) is 0 Å². The number of rotatable bonds is 4. The normalized spacial score (nSPS) is 10.9. The summed E-state index contributed by atoms with van der Waals surface area (Å²) in [6, 6.07) is 35.7. The van der Waals surface area contributed by atoms with Crippen LogP contribution < -0.4 is 23.3 Å². The van der Waals surface area contributed by atoms with Crippen LogP contribution in [-0.2, 0) is 0 Å². The van der Waals surface area contributed by atoms with Gasteiger partial charge < -0.3 is 0 Å². The van der Waals surface area contributed by atoms with Crippen LogP contribution in [0.3, 0.4) is 0 Å². The average Bonchev–Trinajstić information content (AvgIpc) is 3.38. The molecule has 5 rings (SSSR count). The molecule has 2 aromatic heterocycles. The Morgan fingerprint density at radius 3 is 1.26 bits per heavy atom. The van der Waals surface area contributed by atoms with Gasteiger partial charge in [0.25, 0.3) is 0 Å². The number of pyridine rings is 1. The Morgan fingerprint density at radius 2 is 0.882 bits per heavy atom. The summed E-state index contributed by atoms with van der Waals surface area (Å²) in [5.41, 5.74) is 6.70. The number of halogens is 1. The predicted molar refractivity (Wildman–Crippen MR) is 114 cm³/mol. The van der Waals surface area contributed by atoms with Gasteiger partial charge in [-0.25, -0.2) is 18.6 Å². The van der Waals surface area contributed by atoms with Gasteiger partial charge in [0.15, 0.2) is 12.7 Å². The Hall–Kier alpha value is -3.92. The first-order chi connectivity index (χ1) is 16.4. The third kappa shape index (κ3) is 5.90. The van der Waals surface area contributed by atoms with Crippen molar-refractivity contribution in [3.63, 3.8) is 0 Å². The van der Waals surface area contributed by atoms with Gasteiger partial charge in [0.05, 0.1) is 0 Å². The number of hydrogen-bond donors (Lipinski definition) is 0. The van der Waals surface area contributed by atoms with Crippen molar-refractivity contribution in [3.05, 3.63) is 116 Å². The summed E-state index contributed by atoms with van der Waals surface area (Å²) < 4.78 is 38.0. The lowest BCUT2D eigenvalue weighted by Crippen LogP contribution is -2.68. The monoisotopic (exact) mass is 474 g/mol. The molecule has 0 saturated carbocycles. The largest absolute Gasteiger partial charge is 0.244 e. The first kappa shape index (κ1) is 23.2. The molecule has 170 valence electrons. The van der Waals surface area contributed by atoms with E-state index in [1.807, 2.05) is 22.9 Å². The lowest BCUT2D eigenvalue weighted by molar-refractivity contribution is -2.00. The molecule has 0 atom stereocenters. The highest BCUT2D eigenvalue weighted by Crippen LogP contribution is 2.29. The molecule has 0 saturated heterocycles. The molecule has 0 radical (unpaired) electrons. The van der Waals surface area contributed by atoms with E-state index in [9.17, 15) is 0 Å². The summed E-state index contributed by atoms with van der Waals surface area (Å²) in [6.45, 7) is 0. The van der Waals surface area contributed by atoms with Gasteiger partial charge in [-0.2, -0.15) is 0 Å². The Labute approximate surface area is 198 Å². The summed E-state index contributed by atoms with van der Waals surface area (Å²) >= 11 is 0. The Morgan fingerprint density at radius 1 is 0.529 bits per heavy atom. The smallest absolute Gasteiger partial charge is 0.222 e. The molecule has 0 aliphatic rings. The Balaban J connectivity index is 0.000000499. The number of hydrogen-bond acceptors (Lipinski definition) is 6. The van der Waals surface area contributed by atoms with Crippen molar-refractivity contribution in [2.75, 3.05) is 0 Å². The summed E-state index contributed by atoms with van der Waals surface area (Å²) in [5, 5.41) is 8.08. The molecular weight excluding hydrogens is 456 g/mol. The van der Waals surface area contributed by atoms with E-state index in [1.54, 1.807) is 12.7 Å². The van der Waals surface area contributed by atoms with Gasteiger partial charge in [0.2, 0.25) is 11.4 Å². The fraction of sp³-hybridized carbons (Fsp3) is 0. The fourth-order valence-electron chi connectivity index (χ4n) is 3.56. The van der Waals surface area contributed by atoms with Crippen molar-refractivity contribution in [2.24, 2.45) is 0 Å². The summed E-state index contributed by atoms with van der Waals surface area (Å²) in [6.07, 6.45) is 3.45. The van der Waals surface area contributed by atoms with Crippen LogP contribution in [0.4, 0.5) is 0 Å². The maximum absolute atomic E-state index is 8.49. The quantitative estimate of drug-likeness (QED) is 0.340. The second kappa shape index (κ2) is 10.3. The van der Waals surface area contributed by atoms with Crippen molar-refractivity contribution >= 4 is 0 Å². The van der Waals surface area contributed by atoms with E-state index in [1.165, 1.54) is 5.56 Å². The van der Waals surface area contributed by atoms with Crippen LogP contribution in [0, 0.1) is 10.2 Å². The molecule has 2 heterocycles. The molecular formula is C25H19ClN4O4. The van der Waals surface area contributed by atoms with Crippen LogP contribution in [0.5, 0.6) is 0 Å². The van der Waals surface area contributed by atoms with E-state index in [0.717, 1.165) is 28.1 Å². The third-order valence-corrected chi connectivity index (χ3v) is 4.92. The average molecular weight is 475 g/mol. The van der Waals surface area contributed by atoms with Crippen LogP contribution in [0.2, 0.25) is 0 Å². The summed E-state index contributed by atoms with van der Waals surface area (Å²) in [5.74, 6) is 0. The van der Waals surface area contributed by atoms with E-state index in [-0.39, 0.29) is 0 Å². The minimum Gasteiger partial charge on any atom is -0.222 e. The molecule has 0 aliphatic heterocycles. The zero-order chi connectivity index (χ0) is 24.0. The number of nitrogens with zero attached hydrogens (tertiary/aromatic N) is 4. The predicted octanol–water partition coefficient (Wildman–Crippen LogP) is 0.122. The zero-order valence-corrected chi connectivity index (χ0v) is 18.5. The number of benzene rings is 3.